The van der Waals surface area contributed by atoms with Gasteiger partial charge in [-0.3, -0.25) is 4.79 Å². The highest BCUT2D eigenvalue weighted by Crippen LogP contribution is 2.29. The maximum Gasteiger partial charge on any atom is 0.304 e. The first-order valence-corrected chi connectivity index (χ1v) is 7.90. The van der Waals surface area contributed by atoms with Gasteiger partial charge < -0.3 is 10.0 Å². The van der Waals surface area contributed by atoms with Crippen LogP contribution in [0.25, 0.3) is 10.4 Å². The molecular formula is C15H16BrNO2S. The number of hydrogen-bond acceptors (Lipinski definition) is 3. The van der Waals surface area contributed by atoms with Crippen molar-refractivity contribution in [2.75, 3.05) is 13.6 Å². The SMILES string of the molecule is CN(CCC(=O)O)Cc1ccc(-c2ccc(Br)cc2)s1. The normalized spacial score (nSPS) is 10.9. The van der Waals surface area contributed by atoms with E-state index in [0.29, 0.717) is 6.54 Å². The first-order valence-electron chi connectivity index (χ1n) is 6.29. The number of carbonyl (C=O) groups is 1. The molecule has 1 heterocycles. The van der Waals surface area contributed by atoms with E-state index in [4.69, 9.17) is 5.11 Å². The molecule has 3 nitrogen and oxygen atoms in total. The van der Waals surface area contributed by atoms with Crippen LogP contribution in [0.15, 0.2) is 40.9 Å². The lowest BCUT2D eigenvalue weighted by molar-refractivity contribution is -0.137. The standard InChI is InChI=1S/C15H16BrNO2S/c1-17(9-8-15(18)19)10-13-6-7-14(20-13)11-2-4-12(16)5-3-11/h2-7H,8-10H2,1H3,(H,18,19). The number of rotatable bonds is 6. The lowest BCUT2D eigenvalue weighted by Gasteiger charge is -2.13. The van der Waals surface area contributed by atoms with Crippen molar-refractivity contribution in [3.8, 4) is 10.4 Å². The highest BCUT2D eigenvalue weighted by atomic mass is 79.9. The van der Waals surface area contributed by atoms with Gasteiger partial charge in [-0.05, 0) is 36.9 Å². The van der Waals surface area contributed by atoms with Gasteiger partial charge in [0.05, 0.1) is 6.42 Å². The summed E-state index contributed by atoms with van der Waals surface area (Å²) in [5.41, 5.74) is 1.21. The van der Waals surface area contributed by atoms with Crippen LogP contribution in [0.2, 0.25) is 0 Å². The fourth-order valence-corrected chi connectivity index (χ4v) is 3.22. The Morgan fingerprint density at radius 3 is 2.60 bits per heavy atom. The second-order valence-electron chi connectivity index (χ2n) is 4.65. The molecule has 20 heavy (non-hydrogen) atoms. The number of carboxylic acids is 1. The zero-order valence-electron chi connectivity index (χ0n) is 11.2. The van der Waals surface area contributed by atoms with Crippen molar-refractivity contribution in [2.45, 2.75) is 13.0 Å². The minimum Gasteiger partial charge on any atom is -0.481 e. The lowest BCUT2D eigenvalue weighted by Crippen LogP contribution is -2.20. The summed E-state index contributed by atoms with van der Waals surface area (Å²) < 4.78 is 1.08. The predicted octanol–water partition coefficient (Wildman–Crippen LogP) is 4.08. The summed E-state index contributed by atoms with van der Waals surface area (Å²) in [6.07, 6.45) is 0.182. The lowest BCUT2D eigenvalue weighted by atomic mass is 10.2. The Hall–Kier alpha value is -1.17. The smallest absolute Gasteiger partial charge is 0.304 e. The molecule has 0 spiro atoms. The molecule has 0 saturated carbocycles. The van der Waals surface area contributed by atoms with E-state index in [2.05, 4.69) is 40.2 Å². The van der Waals surface area contributed by atoms with Gasteiger partial charge in [-0.2, -0.15) is 0 Å². The third kappa shape index (κ3) is 4.44. The average Bonchev–Trinajstić information content (AvgIpc) is 2.85. The van der Waals surface area contributed by atoms with Crippen LogP contribution in [0.3, 0.4) is 0 Å². The third-order valence-corrected chi connectivity index (χ3v) is 4.57. The summed E-state index contributed by atoms with van der Waals surface area (Å²) >= 11 is 5.18. The summed E-state index contributed by atoms with van der Waals surface area (Å²) in [6.45, 7) is 1.36. The number of halogens is 1. The number of nitrogens with zero attached hydrogens (tertiary/aromatic N) is 1. The molecule has 1 N–H and O–H groups in total. The first kappa shape index (κ1) is 15.2. The Bertz CT molecular complexity index is 580. The molecule has 0 bridgehead atoms. The molecule has 1 aromatic heterocycles. The van der Waals surface area contributed by atoms with Gasteiger partial charge in [0.2, 0.25) is 0 Å². The number of aliphatic carboxylic acids is 1. The summed E-state index contributed by atoms with van der Waals surface area (Å²) in [7, 11) is 1.95. The van der Waals surface area contributed by atoms with E-state index in [1.165, 1.54) is 15.3 Å². The molecule has 0 amide bonds. The van der Waals surface area contributed by atoms with Gasteiger partial charge >= 0.3 is 5.97 Å². The van der Waals surface area contributed by atoms with Crippen LogP contribution >= 0.6 is 27.3 Å². The monoisotopic (exact) mass is 353 g/mol. The fourth-order valence-electron chi connectivity index (χ4n) is 1.86. The second-order valence-corrected chi connectivity index (χ2v) is 6.74. The highest BCUT2D eigenvalue weighted by molar-refractivity contribution is 9.10. The van der Waals surface area contributed by atoms with Crippen LogP contribution < -0.4 is 0 Å². The molecule has 0 aliphatic heterocycles. The maximum absolute atomic E-state index is 10.5. The third-order valence-electron chi connectivity index (χ3n) is 2.92. The molecular weight excluding hydrogens is 338 g/mol. The number of thiophene rings is 1. The molecule has 2 rings (SSSR count). The average molecular weight is 354 g/mol. The van der Waals surface area contributed by atoms with Crippen LogP contribution in [0.4, 0.5) is 0 Å². The zero-order chi connectivity index (χ0) is 14.5. The molecule has 0 aliphatic carbocycles. The number of carboxylic acid groups (broad SMARTS) is 1. The highest BCUT2D eigenvalue weighted by Gasteiger charge is 2.07. The Balaban J connectivity index is 1.98. The van der Waals surface area contributed by atoms with Gasteiger partial charge in [-0.1, -0.05) is 28.1 Å². The summed E-state index contributed by atoms with van der Waals surface area (Å²) in [4.78, 5) is 15.1. The van der Waals surface area contributed by atoms with Gasteiger partial charge in [0.1, 0.15) is 0 Å². The van der Waals surface area contributed by atoms with Crippen molar-refractivity contribution >= 4 is 33.2 Å². The topological polar surface area (TPSA) is 40.5 Å². The Morgan fingerprint density at radius 2 is 1.95 bits per heavy atom. The molecule has 0 unspecified atom stereocenters. The molecule has 0 aliphatic rings. The van der Waals surface area contributed by atoms with Crippen molar-refractivity contribution in [3.63, 3.8) is 0 Å². The Morgan fingerprint density at radius 1 is 1.25 bits per heavy atom. The fraction of sp³-hybridized carbons (Fsp3) is 0.267. The van der Waals surface area contributed by atoms with Crippen molar-refractivity contribution in [1.82, 2.24) is 4.90 Å². The Labute approximate surface area is 131 Å². The van der Waals surface area contributed by atoms with E-state index in [9.17, 15) is 4.79 Å². The molecule has 5 heteroatoms. The van der Waals surface area contributed by atoms with E-state index in [0.717, 1.165) is 11.0 Å². The van der Waals surface area contributed by atoms with Crippen molar-refractivity contribution in [1.29, 1.82) is 0 Å². The number of hydrogen-bond donors (Lipinski definition) is 1. The van der Waals surface area contributed by atoms with E-state index in [-0.39, 0.29) is 6.42 Å². The van der Waals surface area contributed by atoms with Crippen LogP contribution in [-0.4, -0.2) is 29.6 Å². The number of benzene rings is 1. The van der Waals surface area contributed by atoms with E-state index in [1.54, 1.807) is 11.3 Å². The zero-order valence-corrected chi connectivity index (χ0v) is 13.6. The van der Waals surface area contributed by atoms with Crippen molar-refractivity contribution < 1.29 is 9.90 Å². The maximum atomic E-state index is 10.5. The van der Waals surface area contributed by atoms with Crippen LogP contribution in [0.5, 0.6) is 0 Å². The molecule has 0 fully saturated rings. The quantitative estimate of drug-likeness (QED) is 0.850. The van der Waals surface area contributed by atoms with E-state index < -0.39 is 5.97 Å². The molecule has 2 aromatic rings. The van der Waals surface area contributed by atoms with Crippen molar-refractivity contribution in [3.05, 3.63) is 45.7 Å². The minimum atomic E-state index is -0.751. The molecule has 1 aromatic carbocycles. The molecule has 106 valence electrons. The Kier molecular flexibility index (Phi) is 5.34. The minimum absolute atomic E-state index is 0.182. The second kappa shape index (κ2) is 7.02. The van der Waals surface area contributed by atoms with Crippen molar-refractivity contribution in [2.24, 2.45) is 0 Å². The predicted molar refractivity (Wildman–Crippen MR) is 86.0 cm³/mol. The summed E-state index contributed by atoms with van der Waals surface area (Å²) in [5.74, 6) is -0.751. The van der Waals surface area contributed by atoms with Crippen LogP contribution in [0, 0.1) is 0 Å². The molecule has 0 radical (unpaired) electrons. The molecule has 0 atom stereocenters. The van der Waals surface area contributed by atoms with E-state index in [1.807, 2.05) is 24.1 Å². The van der Waals surface area contributed by atoms with Gasteiger partial charge in [-0.15, -0.1) is 11.3 Å². The largest absolute Gasteiger partial charge is 0.481 e. The van der Waals surface area contributed by atoms with Crippen LogP contribution in [0.1, 0.15) is 11.3 Å². The summed E-state index contributed by atoms with van der Waals surface area (Å²) in [6, 6.07) is 12.5. The van der Waals surface area contributed by atoms with Gasteiger partial charge in [-0.25, -0.2) is 0 Å². The van der Waals surface area contributed by atoms with E-state index >= 15 is 0 Å². The van der Waals surface area contributed by atoms with Gasteiger partial charge in [0.25, 0.3) is 0 Å². The first-order chi connectivity index (χ1) is 9.54. The summed E-state index contributed by atoms with van der Waals surface area (Å²) in [5, 5.41) is 8.68. The van der Waals surface area contributed by atoms with Gasteiger partial charge in [0, 0.05) is 27.3 Å². The van der Waals surface area contributed by atoms with Crippen LogP contribution in [-0.2, 0) is 11.3 Å². The molecule has 0 saturated heterocycles. The van der Waals surface area contributed by atoms with Gasteiger partial charge in [0.15, 0.2) is 0 Å².